The van der Waals surface area contributed by atoms with Gasteiger partial charge in [0.15, 0.2) is 11.6 Å². The van der Waals surface area contributed by atoms with Crippen LogP contribution in [0.25, 0.3) is 22.8 Å². The average molecular weight is 417 g/mol. The van der Waals surface area contributed by atoms with Crippen molar-refractivity contribution in [2.75, 3.05) is 0 Å². The highest BCUT2D eigenvalue weighted by Gasteiger charge is 2.22. The van der Waals surface area contributed by atoms with E-state index in [4.69, 9.17) is 0 Å². The number of aromatic nitrogens is 4. The molecule has 0 aliphatic rings. The summed E-state index contributed by atoms with van der Waals surface area (Å²) in [6, 6.07) is 4.83. The Morgan fingerprint density at radius 1 is 1.12 bits per heavy atom. The molecule has 0 bridgehead atoms. The molecule has 0 fully saturated rings. The van der Waals surface area contributed by atoms with Crippen LogP contribution in [0.1, 0.15) is 0 Å². The van der Waals surface area contributed by atoms with E-state index in [0.717, 1.165) is 12.1 Å². The van der Waals surface area contributed by atoms with E-state index >= 15 is 0 Å². The van der Waals surface area contributed by atoms with Crippen molar-refractivity contribution >= 4 is 15.9 Å². The lowest BCUT2D eigenvalue weighted by atomic mass is 10.2. The molecule has 3 rings (SSSR count). The number of halogens is 5. The fraction of sp³-hybridized carbons (Fsp3) is 0.133. The third-order valence-electron chi connectivity index (χ3n) is 3.32. The Bertz CT molecular complexity index is 912. The molecule has 10 heteroatoms. The first-order chi connectivity index (χ1) is 11.9. The maximum absolute atomic E-state index is 14.0. The second-order valence-corrected chi connectivity index (χ2v) is 5.80. The lowest BCUT2D eigenvalue weighted by Gasteiger charge is -2.10. The highest BCUT2D eigenvalue weighted by Crippen LogP contribution is 2.33. The van der Waals surface area contributed by atoms with Crippen molar-refractivity contribution in [1.82, 2.24) is 19.7 Å². The average Bonchev–Trinajstić information content (AvgIpc) is 2.90. The van der Waals surface area contributed by atoms with Crippen molar-refractivity contribution in [3.63, 3.8) is 0 Å². The molecule has 5 nitrogen and oxygen atoms in total. The van der Waals surface area contributed by atoms with Crippen LogP contribution < -0.4 is 4.74 Å². The Morgan fingerprint density at radius 3 is 2.40 bits per heavy atom. The van der Waals surface area contributed by atoms with Crippen molar-refractivity contribution in [3.8, 4) is 28.7 Å². The highest BCUT2D eigenvalue weighted by molar-refractivity contribution is 9.10. The quantitative estimate of drug-likeness (QED) is 0.598. The van der Waals surface area contributed by atoms with Gasteiger partial charge in [-0.1, -0.05) is 6.07 Å². The van der Waals surface area contributed by atoms with Crippen LogP contribution in [0.15, 0.2) is 34.9 Å². The summed E-state index contributed by atoms with van der Waals surface area (Å²) in [4.78, 5) is 3.77. The summed E-state index contributed by atoms with van der Waals surface area (Å²) in [6.07, 6.45) is 1.27. The SMILES string of the molecule is Cn1c(-c2cc(Br)cnc2OC(F)F)nnc1-c1c(F)cccc1F. The van der Waals surface area contributed by atoms with Gasteiger partial charge in [-0.3, -0.25) is 0 Å². The predicted octanol–water partition coefficient (Wildman–Crippen LogP) is 4.19. The van der Waals surface area contributed by atoms with Gasteiger partial charge in [0.2, 0.25) is 5.88 Å². The van der Waals surface area contributed by atoms with E-state index in [1.54, 1.807) is 0 Å². The smallest absolute Gasteiger partial charge is 0.388 e. The van der Waals surface area contributed by atoms with Crippen LogP contribution in [-0.2, 0) is 7.05 Å². The molecule has 0 unspecified atom stereocenters. The van der Waals surface area contributed by atoms with Crippen LogP contribution in [0.2, 0.25) is 0 Å². The van der Waals surface area contributed by atoms with Gasteiger partial charge in [0.1, 0.15) is 11.6 Å². The summed E-state index contributed by atoms with van der Waals surface area (Å²) in [5.41, 5.74) is -0.282. The van der Waals surface area contributed by atoms with Crippen LogP contribution in [0, 0.1) is 11.6 Å². The molecule has 0 spiro atoms. The first kappa shape index (κ1) is 17.3. The molecule has 0 N–H and O–H groups in total. The van der Waals surface area contributed by atoms with E-state index in [9.17, 15) is 17.6 Å². The summed E-state index contributed by atoms with van der Waals surface area (Å²) in [5, 5.41) is 7.63. The molecule has 0 radical (unpaired) electrons. The van der Waals surface area contributed by atoms with Crippen LogP contribution in [0.5, 0.6) is 5.88 Å². The number of alkyl halides is 2. The normalized spacial score (nSPS) is 11.2. The summed E-state index contributed by atoms with van der Waals surface area (Å²) in [5.74, 6) is -2.07. The Morgan fingerprint density at radius 2 is 1.76 bits per heavy atom. The fourth-order valence-corrected chi connectivity index (χ4v) is 2.59. The Labute approximate surface area is 147 Å². The zero-order valence-corrected chi connectivity index (χ0v) is 14.1. The minimum atomic E-state index is -3.09. The van der Waals surface area contributed by atoms with Crippen molar-refractivity contribution in [2.24, 2.45) is 7.05 Å². The summed E-state index contributed by atoms with van der Waals surface area (Å²) in [7, 11) is 1.45. The van der Waals surface area contributed by atoms with E-state index in [2.05, 4.69) is 35.8 Å². The molecular weight excluding hydrogens is 408 g/mol. The molecule has 0 amide bonds. The number of nitrogens with zero attached hydrogens (tertiary/aromatic N) is 4. The molecule has 0 saturated carbocycles. The molecule has 0 aliphatic heterocycles. The van der Waals surface area contributed by atoms with Gasteiger partial charge in [-0.25, -0.2) is 13.8 Å². The van der Waals surface area contributed by atoms with Crippen LogP contribution >= 0.6 is 15.9 Å². The number of benzene rings is 1. The fourth-order valence-electron chi connectivity index (χ4n) is 2.26. The molecule has 2 aromatic heterocycles. The second-order valence-electron chi connectivity index (χ2n) is 4.89. The number of pyridine rings is 1. The molecule has 130 valence electrons. The standard InChI is InChI=1S/C15H9BrF4N4O/c1-24-12(8-5-7(16)6-21-14(8)25-15(19)20)22-23-13(24)11-9(17)3-2-4-10(11)18/h2-6,15H,1H3. The molecule has 0 saturated heterocycles. The lowest BCUT2D eigenvalue weighted by molar-refractivity contribution is -0.0524. The monoisotopic (exact) mass is 416 g/mol. The topological polar surface area (TPSA) is 52.8 Å². The minimum absolute atomic E-state index is 0.0575. The zero-order chi connectivity index (χ0) is 18.1. The minimum Gasteiger partial charge on any atom is -0.416 e. The van der Waals surface area contributed by atoms with Gasteiger partial charge in [0, 0.05) is 17.7 Å². The maximum atomic E-state index is 14.0. The first-order valence-corrected chi connectivity index (χ1v) is 7.62. The van der Waals surface area contributed by atoms with Gasteiger partial charge in [0.25, 0.3) is 0 Å². The summed E-state index contributed by atoms with van der Waals surface area (Å²) >= 11 is 3.18. The molecular formula is C15H9BrF4N4O. The van der Waals surface area contributed by atoms with Crippen molar-refractivity contribution in [3.05, 3.63) is 46.6 Å². The van der Waals surface area contributed by atoms with Gasteiger partial charge < -0.3 is 9.30 Å². The number of rotatable bonds is 4. The second kappa shape index (κ2) is 6.79. The number of ether oxygens (including phenoxy) is 1. The predicted molar refractivity (Wildman–Crippen MR) is 83.9 cm³/mol. The van der Waals surface area contributed by atoms with Gasteiger partial charge >= 0.3 is 6.61 Å². The van der Waals surface area contributed by atoms with Crippen LogP contribution in [-0.4, -0.2) is 26.4 Å². The summed E-state index contributed by atoms with van der Waals surface area (Å²) in [6.45, 7) is -3.09. The van der Waals surface area contributed by atoms with Gasteiger partial charge in [0.05, 0.1) is 11.1 Å². The molecule has 0 aliphatic carbocycles. The molecule has 1 aromatic carbocycles. The number of hydrogen-bond acceptors (Lipinski definition) is 4. The number of hydrogen-bond donors (Lipinski definition) is 0. The van der Waals surface area contributed by atoms with E-state index < -0.39 is 18.2 Å². The van der Waals surface area contributed by atoms with Gasteiger partial charge in [-0.2, -0.15) is 8.78 Å². The van der Waals surface area contributed by atoms with Crippen LogP contribution in [0.4, 0.5) is 17.6 Å². The Hall–Kier alpha value is -2.49. The zero-order valence-electron chi connectivity index (χ0n) is 12.6. The maximum Gasteiger partial charge on any atom is 0.388 e. The summed E-state index contributed by atoms with van der Waals surface area (Å²) < 4.78 is 59.2. The molecule has 0 atom stereocenters. The lowest BCUT2D eigenvalue weighted by Crippen LogP contribution is -2.06. The van der Waals surface area contributed by atoms with E-state index in [-0.39, 0.29) is 28.7 Å². The van der Waals surface area contributed by atoms with E-state index in [0.29, 0.717) is 4.47 Å². The van der Waals surface area contributed by atoms with Crippen molar-refractivity contribution in [1.29, 1.82) is 0 Å². The third-order valence-corrected chi connectivity index (χ3v) is 3.75. The van der Waals surface area contributed by atoms with Crippen molar-refractivity contribution in [2.45, 2.75) is 6.61 Å². The van der Waals surface area contributed by atoms with E-state index in [1.165, 1.54) is 29.9 Å². The molecule has 2 heterocycles. The largest absolute Gasteiger partial charge is 0.416 e. The first-order valence-electron chi connectivity index (χ1n) is 6.83. The highest BCUT2D eigenvalue weighted by atomic mass is 79.9. The van der Waals surface area contributed by atoms with Crippen molar-refractivity contribution < 1.29 is 22.3 Å². The van der Waals surface area contributed by atoms with Gasteiger partial charge in [-0.05, 0) is 34.1 Å². The molecule has 3 aromatic rings. The Balaban J connectivity index is 2.16. The van der Waals surface area contributed by atoms with Crippen LogP contribution in [0.3, 0.4) is 0 Å². The van der Waals surface area contributed by atoms with Gasteiger partial charge in [-0.15, -0.1) is 10.2 Å². The Kier molecular flexibility index (Phi) is 4.71. The van der Waals surface area contributed by atoms with E-state index in [1.807, 2.05) is 0 Å². The molecule has 25 heavy (non-hydrogen) atoms. The third kappa shape index (κ3) is 3.34.